The molecule has 0 saturated heterocycles. The van der Waals surface area contributed by atoms with Crippen molar-refractivity contribution in [2.45, 2.75) is 6.54 Å². The summed E-state index contributed by atoms with van der Waals surface area (Å²) in [5.74, 6) is -1.34. The molecule has 0 spiro atoms. The highest BCUT2D eigenvalue weighted by atomic mass is 19.1. The first-order valence-corrected chi connectivity index (χ1v) is 7.27. The lowest BCUT2D eigenvalue weighted by atomic mass is 10.2. The number of halogens is 2. The number of nitrogens with one attached hydrogen (secondary N) is 1. The second-order valence-electron chi connectivity index (χ2n) is 5.28. The van der Waals surface area contributed by atoms with Crippen molar-refractivity contribution in [1.29, 1.82) is 0 Å². The fourth-order valence-electron chi connectivity index (χ4n) is 2.56. The molecule has 6 nitrogen and oxygen atoms in total. The summed E-state index contributed by atoms with van der Waals surface area (Å²) in [6, 6.07) is 6.32. The number of nitrogens with zero attached hydrogens (tertiary/aromatic N) is 4. The number of benzene rings is 1. The molecule has 1 N–H and O–H groups in total. The molecule has 1 amide bonds. The van der Waals surface area contributed by atoms with Gasteiger partial charge in [-0.2, -0.15) is 5.10 Å². The number of amides is 1. The second kappa shape index (κ2) is 5.48. The fourth-order valence-corrected chi connectivity index (χ4v) is 2.56. The summed E-state index contributed by atoms with van der Waals surface area (Å²) in [6.07, 6.45) is 1.44. The van der Waals surface area contributed by atoms with Crippen molar-refractivity contribution in [2.75, 3.05) is 6.54 Å². The van der Waals surface area contributed by atoms with Gasteiger partial charge in [-0.3, -0.25) is 9.48 Å². The SMILES string of the molecule is O=C1NCCn2nc(-c3ccnc(-c4cc(F)ccc4F)n3)cc21. The average molecular weight is 327 g/mol. The maximum Gasteiger partial charge on any atom is 0.269 e. The van der Waals surface area contributed by atoms with Gasteiger partial charge < -0.3 is 5.32 Å². The Morgan fingerprint density at radius 2 is 2.00 bits per heavy atom. The number of fused-ring (bicyclic) bond motifs is 1. The first-order valence-electron chi connectivity index (χ1n) is 7.27. The Hall–Kier alpha value is -3.16. The number of carbonyl (C=O) groups is 1. The standard InChI is InChI=1S/C16H11F2N5O/c17-9-1-2-11(18)10(7-9)15-19-4-3-12(21-15)13-8-14-16(24)20-5-6-23(14)22-13/h1-4,7-8H,5-6H2,(H,20,24). The van der Waals surface area contributed by atoms with Crippen molar-refractivity contribution in [3.8, 4) is 22.8 Å². The van der Waals surface area contributed by atoms with E-state index in [1.807, 2.05) is 0 Å². The summed E-state index contributed by atoms with van der Waals surface area (Å²) in [5, 5.41) is 7.07. The smallest absolute Gasteiger partial charge is 0.269 e. The lowest BCUT2D eigenvalue weighted by Crippen LogP contribution is -2.35. The second-order valence-corrected chi connectivity index (χ2v) is 5.28. The lowest BCUT2D eigenvalue weighted by Gasteiger charge is -2.13. The van der Waals surface area contributed by atoms with E-state index in [1.54, 1.807) is 16.8 Å². The van der Waals surface area contributed by atoms with Gasteiger partial charge in [-0.25, -0.2) is 18.7 Å². The van der Waals surface area contributed by atoms with Crippen LogP contribution in [0.4, 0.5) is 8.78 Å². The summed E-state index contributed by atoms with van der Waals surface area (Å²) in [6.45, 7) is 1.08. The van der Waals surface area contributed by atoms with E-state index in [0.29, 0.717) is 30.2 Å². The Morgan fingerprint density at radius 3 is 2.83 bits per heavy atom. The molecule has 1 aliphatic heterocycles. The van der Waals surface area contributed by atoms with Gasteiger partial charge in [0.25, 0.3) is 5.91 Å². The Balaban J connectivity index is 1.78. The van der Waals surface area contributed by atoms with Crippen LogP contribution in [0.15, 0.2) is 36.5 Å². The van der Waals surface area contributed by atoms with Crippen LogP contribution in [0.25, 0.3) is 22.8 Å². The molecule has 8 heteroatoms. The van der Waals surface area contributed by atoms with E-state index in [1.165, 1.54) is 6.20 Å². The molecule has 3 heterocycles. The van der Waals surface area contributed by atoms with Crippen LogP contribution in [0.2, 0.25) is 0 Å². The third-order valence-electron chi connectivity index (χ3n) is 3.71. The zero-order valence-corrected chi connectivity index (χ0v) is 12.3. The Labute approximate surface area is 135 Å². The average Bonchev–Trinajstić information content (AvgIpc) is 3.03. The van der Waals surface area contributed by atoms with E-state index in [9.17, 15) is 13.6 Å². The van der Waals surface area contributed by atoms with Gasteiger partial charge in [-0.05, 0) is 30.3 Å². The number of carbonyl (C=O) groups excluding carboxylic acids is 1. The first kappa shape index (κ1) is 14.4. The van der Waals surface area contributed by atoms with E-state index in [-0.39, 0.29) is 17.3 Å². The molecule has 1 aliphatic rings. The first-order chi connectivity index (χ1) is 11.6. The minimum Gasteiger partial charge on any atom is -0.349 e. The molecule has 0 fully saturated rings. The predicted octanol–water partition coefficient (Wildman–Crippen LogP) is 2.03. The van der Waals surface area contributed by atoms with Gasteiger partial charge in [0.2, 0.25) is 0 Å². The van der Waals surface area contributed by atoms with Crippen molar-refractivity contribution in [3.63, 3.8) is 0 Å². The number of aromatic nitrogens is 4. The van der Waals surface area contributed by atoms with Crippen LogP contribution in [0, 0.1) is 11.6 Å². The molecular formula is C16H11F2N5O. The van der Waals surface area contributed by atoms with Gasteiger partial charge in [-0.15, -0.1) is 0 Å². The van der Waals surface area contributed by atoms with E-state index in [0.717, 1.165) is 18.2 Å². The topological polar surface area (TPSA) is 72.7 Å². The molecule has 120 valence electrons. The molecule has 4 rings (SSSR count). The minimum atomic E-state index is -0.614. The monoisotopic (exact) mass is 327 g/mol. The normalized spacial score (nSPS) is 13.5. The van der Waals surface area contributed by atoms with Gasteiger partial charge in [0.1, 0.15) is 23.0 Å². The van der Waals surface area contributed by atoms with Crippen LogP contribution < -0.4 is 5.32 Å². The highest BCUT2D eigenvalue weighted by Gasteiger charge is 2.20. The number of hydrogen-bond acceptors (Lipinski definition) is 4. The van der Waals surface area contributed by atoms with E-state index in [4.69, 9.17) is 0 Å². The molecule has 24 heavy (non-hydrogen) atoms. The van der Waals surface area contributed by atoms with Crippen LogP contribution in [0.1, 0.15) is 10.5 Å². The van der Waals surface area contributed by atoms with Gasteiger partial charge in [0.05, 0.1) is 17.8 Å². The van der Waals surface area contributed by atoms with Crippen LogP contribution in [0.5, 0.6) is 0 Å². The third-order valence-corrected chi connectivity index (χ3v) is 3.71. The molecule has 1 aromatic carbocycles. The molecule has 0 unspecified atom stereocenters. The van der Waals surface area contributed by atoms with Crippen molar-refractivity contribution in [3.05, 3.63) is 53.9 Å². The lowest BCUT2D eigenvalue weighted by molar-refractivity contribution is 0.0924. The van der Waals surface area contributed by atoms with Crippen molar-refractivity contribution < 1.29 is 13.6 Å². The fraction of sp³-hybridized carbons (Fsp3) is 0.125. The summed E-state index contributed by atoms with van der Waals surface area (Å²) in [4.78, 5) is 20.1. The van der Waals surface area contributed by atoms with Crippen LogP contribution in [-0.4, -0.2) is 32.2 Å². The Morgan fingerprint density at radius 1 is 1.12 bits per heavy atom. The highest BCUT2D eigenvalue weighted by Crippen LogP contribution is 2.24. The van der Waals surface area contributed by atoms with Gasteiger partial charge >= 0.3 is 0 Å². The quantitative estimate of drug-likeness (QED) is 0.782. The summed E-state index contributed by atoms with van der Waals surface area (Å²) >= 11 is 0. The van der Waals surface area contributed by atoms with Gasteiger partial charge in [-0.1, -0.05) is 0 Å². The van der Waals surface area contributed by atoms with Crippen molar-refractivity contribution in [1.82, 2.24) is 25.1 Å². The minimum absolute atomic E-state index is 0.0291. The molecule has 0 radical (unpaired) electrons. The predicted molar refractivity (Wildman–Crippen MR) is 80.9 cm³/mol. The van der Waals surface area contributed by atoms with Gasteiger partial charge in [0, 0.05) is 12.7 Å². The number of rotatable bonds is 2. The number of hydrogen-bond donors (Lipinski definition) is 1. The van der Waals surface area contributed by atoms with Gasteiger partial charge in [0.15, 0.2) is 5.82 Å². The summed E-state index contributed by atoms with van der Waals surface area (Å²) < 4.78 is 28.9. The Kier molecular flexibility index (Phi) is 3.30. The van der Waals surface area contributed by atoms with Crippen LogP contribution in [-0.2, 0) is 6.54 Å². The maximum absolute atomic E-state index is 13.9. The third kappa shape index (κ3) is 2.41. The van der Waals surface area contributed by atoms with E-state index < -0.39 is 11.6 Å². The molecule has 3 aromatic rings. The molecule has 0 atom stereocenters. The zero-order chi connectivity index (χ0) is 16.7. The zero-order valence-electron chi connectivity index (χ0n) is 12.3. The summed E-state index contributed by atoms with van der Waals surface area (Å²) in [5.41, 5.74) is 1.31. The van der Waals surface area contributed by atoms with Crippen LogP contribution >= 0.6 is 0 Å². The van der Waals surface area contributed by atoms with Crippen LogP contribution in [0.3, 0.4) is 0 Å². The molecular weight excluding hydrogens is 316 g/mol. The van der Waals surface area contributed by atoms with Crippen molar-refractivity contribution >= 4 is 5.91 Å². The highest BCUT2D eigenvalue weighted by molar-refractivity contribution is 5.94. The Bertz CT molecular complexity index is 953. The largest absolute Gasteiger partial charge is 0.349 e. The molecule has 0 saturated carbocycles. The maximum atomic E-state index is 13.9. The van der Waals surface area contributed by atoms with E-state index >= 15 is 0 Å². The van der Waals surface area contributed by atoms with Crippen molar-refractivity contribution in [2.24, 2.45) is 0 Å². The molecule has 2 aromatic heterocycles. The molecule has 0 bridgehead atoms. The summed E-state index contributed by atoms with van der Waals surface area (Å²) in [7, 11) is 0. The van der Waals surface area contributed by atoms with E-state index in [2.05, 4.69) is 20.4 Å². The molecule has 0 aliphatic carbocycles.